The molecule has 4 nitrogen and oxygen atoms in total. The van der Waals surface area contributed by atoms with Crippen molar-refractivity contribution in [2.24, 2.45) is 0 Å². The molecule has 0 unspecified atom stereocenters. The lowest BCUT2D eigenvalue weighted by Gasteiger charge is -2.08. The maximum atomic E-state index is 12.4. The molecule has 2 aromatic rings. The first-order valence-corrected chi connectivity index (χ1v) is 4.25. The normalized spacial score (nSPS) is 11.9. The molecule has 0 fully saturated rings. The van der Waals surface area contributed by atoms with Crippen LogP contribution in [0.3, 0.4) is 0 Å². The average Bonchev–Trinajstić information content (AvgIpc) is 2.15. The Bertz CT molecular complexity index is 603. The van der Waals surface area contributed by atoms with Crippen LogP contribution in [-0.4, -0.2) is 9.38 Å². The summed E-state index contributed by atoms with van der Waals surface area (Å²) in [6.07, 6.45) is -4.64. The molecule has 16 heavy (non-hydrogen) atoms. The van der Waals surface area contributed by atoms with Crippen LogP contribution in [0.5, 0.6) is 0 Å². The van der Waals surface area contributed by atoms with E-state index in [1.807, 2.05) is 0 Å². The van der Waals surface area contributed by atoms with Crippen LogP contribution >= 0.6 is 0 Å². The molecule has 2 aromatic heterocycles. The van der Waals surface area contributed by atoms with Crippen molar-refractivity contribution in [1.82, 2.24) is 9.38 Å². The van der Waals surface area contributed by atoms with Crippen molar-refractivity contribution in [3.05, 3.63) is 40.3 Å². The number of anilines is 1. The van der Waals surface area contributed by atoms with Gasteiger partial charge in [-0.1, -0.05) is 6.07 Å². The number of nitrogen functional groups attached to an aromatic ring is 1. The van der Waals surface area contributed by atoms with Gasteiger partial charge in [0.2, 0.25) is 0 Å². The summed E-state index contributed by atoms with van der Waals surface area (Å²) in [4.78, 5) is 14.7. The molecule has 2 heterocycles. The number of hydrogen-bond donors (Lipinski definition) is 1. The summed E-state index contributed by atoms with van der Waals surface area (Å²) < 4.78 is 38.0. The van der Waals surface area contributed by atoms with Crippen LogP contribution in [0.15, 0.2) is 29.1 Å². The standard InChI is InChI=1S/C9H6F3N3O/c10-9(11,12)5-4-8(16)15-6(13)2-1-3-7(15)14-5/h1-4H,13H2. The van der Waals surface area contributed by atoms with E-state index in [4.69, 9.17) is 5.73 Å². The number of fused-ring (bicyclic) bond motifs is 1. The Kier molecular flexibility index (Phi) is 2.11. The molecule has 0 aromatic carbocycles. The molecule has 0 spiro atoms. The van der Waals surface area contributed by atoms with Gasteiger partial charge in [0.25, 0.3) is 5.56 Å². The molecule has 0 aliphatic rings. The molecule has 84 valence electrons. The first kappa shape index (κ1) is 10.5. The molecule has 7 heteroatoms. The van der Waals surface area contributed by atoms with Gasteiger partial charge < -0.3 is 5.73 Å². The fourth-order valence-electron chi connectivity index (χ4n) is 1.32. The highest BCUT2D eigenvalue weighted by Gasteiger charge is 2.33. The highest BCUT2D eigenvalue weighted by molar-refractivity contribution is 5.47. The van der Waals surface area contributed by atoms with Gasteiger partial charge in [0.05, 0.1) is 0 Å². The minimum atomic E-state index is -4.64. The molecule has 0 radical (unpaired) electrons. The minimum absolute atomic E-state index is 0.0451. The molecular weight excluding hydrogens is 223 g/mol. The maximum Gasteiger partial charge on any atom is 0.433 e. The summed E-state index contributed by atoms with van der Waals surface area (Å²) in [6, 6.07) is 4.54. The third-order valence-electron chi connectivity index (χ3n) is 2.01. The number of rotatable bonds is 0. The molecule has 0 amide bonds. The lowest BCUT2D eigenvalue weighted by atomic mass is 10.3. The Balaban J connectivity index is 2.85. The van der Waals surface area contributed by atoms with E-state index >= 15 is 0 Å². The Morgan fingerprint density at radius 1 is 1.31 bits per heavy atom. The second kappa shape index (κ2) is 3.22. The zero-order valence-corrected chi connectivity index (χ0v) is 7.82. The van der Waals surface area contributed by atoms with E-state index in [1.165, 1.54) is 18.2 Å². The quantitative estimate of drug-likeness (QED) is 0.740. The number of nitrogens with zero attached hydrogens (tertiary/aromatic N) is 2. The zero-order chi connectivity index (χ0) is 11.9. The zero-order valence-electron chi connectivity index (χ0n) is 7.82. The average molecular weight is 229 g/mol. The van der Waals surface area contributed by atoms with Crippen molar-refractivity contribution in [2.75, 3.05) is 5.73 Å². The Labute approximate surface area is 87.1 Å². The molecule has 0 aliphatic carbocycles. The third kappa shape index (κ3) is 1.60. The maximum absolute atomic E-state index is 12.4. The Morgan fingerprint density at radius 2 is 2.00 bits per heavy atom. The van der Waals surface area contributed by atoms with E-state index in [0.717, 1.165) is 4.40 Å². The molecule has 2 N–H and O–H groups in total. The van der Waals surface area contributed by atoms with E-state index in [9.17, 15) is 18.0 Å². The first-order valence-electron chi connectivity index (χ1n) is 4.25. The van der Waals surface area contributed by atoms with E-state index in [2.05, 4.69) is 4.98 Å². The molecule has 2 rings (SSSR count). The van der Waals surface area contributed by atoms with Crippen LogP contribution in [0.25, 0.3) is 5.65 Å². The van der Waals surface area contributed by atoms with Gasteiger partial charge in [-0.2, -0.15) is 13.2 Å². The van der Waals surface area contributed by atoms with Crippen molar-refractivity contribution in [3.8, 4) is 0 Å². The minimum Gasteiger partial charge on any atom is -0.385 e. The van der Waals surface area contributed by atoms with Crippen molar-refractivity contribution in [3.63, 3.8) is 0 Å². The Hall–Kier alpha value is -2.05. The Morgan fingerprint density at radius 3 is 2.62 bits per heavy atom. The van der Waals surface area contributed by atoms with Crippen molar-refractivity contribution >= 4 is 11.5 Å². The number of pyridine rings is 1. The number of halogens is 3. The summed E-state index contributed by atoms with van der Waals surface area (Å²) in [5, 5.41) is 0. The molecule has 0 aliphatic heterocycles. The van der Waals surface area contributed by atoms with E-state index in [-0.39, 0.29) is 11.5 Å². The van der Waals surface area contributed by atoms with Crippen LogP contribution in [0.2, 0.25) is 0 Å². The van der Waals surface area contributed by atoms with Crippen molar-refractivity contribution in [2.45, 2.75) is 6.18 Å². The van der Waals surface area contributed by atoms with Gasteiger partial charge >= 0.3 is 6.18 Å². The lowest BCUT2D eigenvalue weighted by molar-refractivity contribution is -0.141. The number of alkyl halides is 3. The molecule has 0 bridgehead atoms. The SMILES string of the molecule is Nc1cccc2nc(C(F)(F)F)cc(=O)n12. The number of nitrogens with two attached hydrogens (primary N) is 1. The van der Waals surface area contributed by atoms with Gasteiger partial charge in [0.15, 0.2) is 5.69 Å². The first-order chi connectivity index (χ1) is 7.39. The number of hydrogen-bond acceptors (Lipinski definition) is 3. The number of aromatic nitrogens is 2. The van der Waals surface area contributed by atoms with E-state index in [1.54, 1.807) is 0 Å². The molecule has 0 saturated carbocycles. The van der Waals surface area contributed by atoms with Crippen LogP contribution in [-0.2, 0) is 6.18 Å². The topological polar surface area (TPSA) is 60.4 Å². The third-order valence-corrected chi connectivity index (χ3v) is 2.01. The van der Waals surface area contributed by atoms with Gasteiger partial charge in [0, 0.05) is 6.07 Å². The molecular formula is C9H6F3N3O. The van der Waals surface area contributed by atoms with Gasteiger partial charge in [-0.3, -0.25) is 4.79 Å². The van der Waals surface area contributed by atoms with Crippen LogP contribution in [0, 0.1) is 0 Å². The van der Waals surface area contributed by atoms with Crippen molar-refractivity contribution in [1.29, 1.82) is 0 Å². The molecule has 0 atom stereocenters. The summed E-state index contributed by atoms with van der Waals surface area (Å²) in [5.74, 6) is 0.0451. The van der Waals surface area contributed by atoms with E-state index < -0.39 is 17.4 Å². The predicted molar refractivity (Wildman–Crippen MR) is 50.9 cm³/mol. The van der Waals surface area contributed by atoms with Crippen LogP contribution in [0.1, 0.15) is 5.69 Å². The highest BCUT2D eigenvalue weighted by Crippen LogP contribution is 2.26. The summed E-state index contributed by atoms with van der Waals surface area (Å²) in [5.41, 5.74) is 3.26. The summed E-state index contributed by atoms with van der Waals surface area (Å²) in [7, 11) is 0. The highest BCUT2D eigenvalue weighted by atomic mass is 19.4. The smallest absolute Gasteiger partial charge is 0.385 e. The second-order valence-electron chi connectivity index (χ2n) is 3.12. The van der Waals surface area contributed by atoms with Crippen LogP contribution < -0.4 is 11.3 Å². The summed E-state index contributed by atoms with van der Waals surface area (Å²) >= 11 is 0. The van der Waals surface area contributed by atoms with E-state index in [0.29, 0.717) is 6.07 Å². The second-order valence-corrected chi connectivity index (χ2v) is 3.12. The lowest BCUT2D eigenvalue weighted by Crippen LogP contribution is -2.21. The van der Waals surface area contributed by atoms with Crippen molar-refractivity contribution < 1.29 is 13.2 Å². The van der Waals surface area contributed by atoms with Gasteiger partial charge in [-0.05, 0) is 12.1 Å². The van der Waals surface area contributed by atoms with Gasteiger partial charge in [-0.25, -0.2) is 9.38 Å². The fourth-order valence-corrected chi connectivity index (χ4v) is 1.32. The van der Waals surface area contributed by atoms with Gasteiger partial charge in [0.1, 0.15) is 11.5 Å². The van der Waals surface area contributed by atoms with Crippen LogP contribution in [0.4, 0.5) is 19.0 Å². The largest absolute Gasteiger partial charge is 0.433 e. The van der Waals surface area contributed by atoms with Gasteiger partial charge in [-0.15, -0.1) is 0 Å². The fraction of sp³-hybridized carbons (Fsp3) is 0.111. The molecule has 0 saturated heterocycles. The predicted octanol–water partition coefficient (Wildman–Crippen LogP) is 1.30. The summed E-state index contributed by atoms with van der Waals surface area (Å²) in [6.45, 7) is 0. The monoisotopic (exact) mass is 229 g/mol.